The quantitative estimate of drug-likeness (QED) is 0.440. The largest absolute Gasteiger partial charge is 0.496 e. The van der Waals surface area contributed by atoms with Gasteiger partial charge in [-0.2, -0.15) is 0 Å². The molecular weight excluding hydrogens is 394 g/mol. The molecule has 2 heterocycles. The van der Waals surface area contributed by atoms with E-state index in [4.69, 9.17) is 14.6 Å². The van der Waals surface area contributed by atoms with Crippen molar-refractivity contribution in [1.82, 2.24) is 4.40 Å². The molecule has 0 amide bonds. The van der Waals surface area contributed by atoms with E-state index in [1.807, 2.05) is 43.3 Å². The molecule has 0 aliphatic carbocycles. The lowest BCUT2D eigenvalue weighted by Gasteiger charge is -2.11. The van der Waals surface area contributed by atoms with Crippen LogP contribution in [0, 0.1) is 6.92 Å². The van der Waals surface area contributed by atoms with Crippen LogP contribution in [0.3, 0.4) is 0 Å². The monoisotopic (exact) mass is 415 g/mol. The van der Waals surface area contributed by atoms with Gasteiger partial charge in [-0.3, -0.25) is 4.79 Å². The molecule has 0 aliphatic rings. The summed E-state index contributed by atoms with van der Waals surface area (Å²) in [5, 5.41) is 9.07. The van der Waals surface area contributed by atoms with Crippen LogP contribution in [0.2, 0.25) is 0 Å². The van der Waals surface area contributed by atoms with Crippen LogP contribution in [0.4, 0.5) is 0 Å². The van der Waals surface area contributed by atoms with Crippen molar-refractivity contribution in [1.29, 1.82) is 0 Å². The fourth-order valence-corrected chi connectivity index (χ4v) is 3.52. The number of carboxylic acid groups (broad SMARTS) is 1. The molecule has 4 aromatic rings. The van der Waals surface area contributed by atoms with Crippen molar-refractivity contribution in [3.63, 3.8) is 0 Å². The molecule has 0 fully saturated rings. The zero-order valence-electron chi connectivity index (χ0n) is 17.2. The van der Waals surface area contributed by atoms with E-state index in [1.54, 1.807) is 23.8 Å². The smallest absolute Gasteiger partial charge is 0.335 e. The molecule has 31 heavy (non-hydrogen) atoms. The molecule has 0 unspecified atom stereocenters. The lowest BCUT2D eigenvalue weighted by Crippen LogP contribution is -2.05. The van der Waals surface area contributed by atoms with Gasteiger partial charge in [-0.1, -0.05) is 30.3 Å². The molecule has 0 saturated heterocycles. The summed E-state index contributed by atoms with van der Waals surface area (Å²) >= 11 is 0. The fraction of sp³-hybridized carbons (Fsp3) is 0.120. The Morgan fingerprint density at radius 3 is 2.39 bits per heavy atom. The van der Waals surface area contributed by atoms with Crippen molar-refractivity contribution >= 4 is 17.3 Å². The Morgan fingerprint density at radius 1 is 0.935 bits per heavy atom. The van der Waals surface area contributed by atoms with E-state index in [9.17, 15) is 9.59 Å². The van der Waals surface area contributed by atoms with Crippen molar-refractivity contribution in [3.8, 4) is 11.5 Å². The van der Waals surface area contributed by atoms with Crippen LogP contribution in [0.15, 0.2) is 72.9 Å². The van der Waals surface area contributed by atoms with E-state index in [-0.39, 0.29) is 11.3 Å². The molecule has 0 spiro atoms. The van der Waals surface area contributed by atoms with Crippen LogP contribution >= 0.6 is 0 Å². The minimum absolute atomic E-state index is 0.134. The van der Waals surface area contributed by atoms with Crippen molar-refractivity contribution < 1.29 is 24.2 Å². The first-order valence-corrected chi connectivity index (χ1v) is 9.73. The van der Waals surface area contributed by atoms with Gasteiger partial charge in [-0.15, -0.1) is 0 Å². The van der Waals surface area contributed by atoms with Gasteiger partial charge in [0.05, 0.1) is 23.9 Å². The summed E-state index contributed by atoms with van der Waals surface area (Å²) in [6.07, 6.45) is 1.80. The number of methoxy groups -OCH3 is 1. The summed E-state index contributed by atoms with van der Waals surface area (Å²) in [7, 11) is 1.63. The standard InChI is InChI=1S/C25H21NO5/c1-16-19(6-5-8-22(16)30-2)15-31-23-14-21(26-13-4-3-7-20(23)26)24(27)17-9-11-18(12-10-17)25(28)29/h3-14H,15H2,1-2H3,(H,28,29). The van der Waals surface area contributed by atoms with E-state index in [2.05, 4.69) is 0 Å². The highest BCUT2D eigenvalue weighted by Crippen LogP contribution is 2.28. The van der Waals surface area contributed by atoms with Gasteiger partial charge in [-0.25, -0.2) is 4.79 Å². The normalized spacial score (nSPS) is 10.8. The second-order valence-electron chi connectivity index (χ2n) is 7.09. The van der Waals surface area contributed by atoms with Gasteiger partial charge < -0.3 is 19.0 Å². The zero-order valence-corrected chi connectivity index (χ0v) is 17.2. The summed E-state index contributed by atoms with van der Waals surface area (Å²) in [5.41, 5.74) is 3.75. The van der Waals surface area contributed by atoms with E-state index in [0.717, 1.165) is 22.4 Å². The summed E-state index contributed by atoms with van der Waals surface area (Å²) < 4.78 is 13.3. The number of aromatic carboxylic acids is 1. The number of carbonyl (C=O) groups excluding carboxylic acids is 1. The fourth-order valence-electron chi connectivity index (χ4n) is 3.52. The van der Waals surface area contributed by atoms with E-state index < -0.39 is 5.97 Å². The number of carbonyl (C=O) groups is 2. The lowest BCUT2D eigenvalue weighted by molar-refractivity contribution is 0.0696. The molecule has 1 N–H and O–H groups in total. The molecule has 0 saturated carbocycles. The van der Waals surface area contributed by atoms with Crippen molar-refractivity contribution in [3.05, 3.63) is 101 Å². The van der Waals surface area contributed by atoms with Crippen LogP contribution in [-0.2, 0) is 6.61 Å². The number of rotatable bonds is 7. The zero-order chi connectivity index (χ0) is 22.0. The second kappa shape index (κ2) is 8.36. The molecule has 156 valence electrons. The minimum Gasteiger partial charge on any atom is -0.496 e. The number of hydrogen-bond acceptors (Lipinski definition) is 4. The Bertz CT molecular complexity index is 1270. The molecule has 6 heteroatoms. The number of ketones is 1. The first-order valence-electron chi connectivity index (χ1n) is 9.73. The molecule has 4 rings (SSSR count). The van der Waals surface area contributed by atoms with Crippen molar-refractivity contribution in [2.45, 2.75) is 13.5 Å². The molecule has 2 aromatic heterocycles. The van der Waals surface area contributed by atoms with Gasteiger partial charge >= 0.3 is 5.97 Å². The van der Waals surface area contributed by atoms with Crippen LogP contribution < -0.4 is 9.47 Å². The molecule has 6 nitrogen and oxygen atoms in total. The number of nitrogens with zero attached hydrogens (tertiary/aromatic N) is 1. The number of pyridine rings is 1. The molecule has 0 radical (unpaired) electrons. The highest BCUT2D eigenvalue weighted by atomic mass is 16.5. The van der Waals surface area contributed by atoms with Crippen LogP contribution in [-0.4, -0.2) is 28.4 Å². The number of carboxylic acids is 1. The summed E-state index contributed by atoms with van der Waals surface area (Å²) in [4.78, 5) is 24.2. The highest BCUT2D eigenvalue weighted by Gasteiger charge is 2.18. The number of benzene rings is 2. The molecular formula is C25H21NO5. The Kier molecular flexibility index (Phi) is 5.45. The third-order valence-corrected chi connectivity index (χ3v) is 5.27. The number of ether oxygens (including phenoxy) is 2. The second-order valence-corrected chi connectivity index (χ2v) is 7.09. The Labute approximate surface area is 179 Å². The van der Waals surface area contributed by atoms with Gasteiger partial charge in [-0.05, 0) is 48.4 Å². The maximum atomic E-state index is 13.1. The summed E-state index contributed by atoms with van der Waals surface area (Å²) in [5.74, 6) is 0.137. The summed E-state index contributed by atoms with van der Waals surface area (Å²) in [6.45, 7) is 2.31. The first kappa shape index (κ1) is 20.2. The Morgan fingerprint density at radius 2 is 1.68 bits per heavy atom. The van der Waals surface area contributed by atoms with E-state index >= 15 is 0 Å². The third-order valence-electron chi connectivity index (χ3n) is 5.27. The molecule has 0 aliphatic heterocycles. The van der Waals surface area contributed by atoms with E-state index in [0.29, 0.717) is 23.6 Å². The molecule has 2 aromatic carbocycles. The van der Waals surface area contributed by atoms with Gasteiger partial charge in [0.1, 0.15) is 18.1 Å². The average molecular weight is 415 g/mol. The highest BCUT2D eigenvalue weighted by molar-refractivity contribution is 6.09. The van der Waals surface area contributed by atoms with Crippen LogP contribution in [0.5, 0.6) is 11.5 Å². The van der Waals surface area contributed by atoms with Gasteiger partial charge in [0, 0.05) is 17.8 Å². The van der Waals surface area contributed by atoms with Gasteiger partial charge in [0.25, 0.3) is 0 Å². The van der Waals surface area contributed by atoms with E-state index in [1.165, 1.54) is 24.3 Å². The van der Waals surface area contributed by atoms with Crippen LogP contribution in [0.25, 0.3) is 5.52 Å². The SMILES string of the molecule is COc1cccc(COc2cc(C(=O)c3ccc(C(=O)O)cc3)n3ccccc23)c1C. The topological polar surface area (TPSA) is 77.2 Å². The van der Waals surface area contributed by atoms with Crippen molar-refractivity contribution in [2.75, 3.05) is 7.11 Å². The summed E-state index contributed by atoms with van der Waals surface area (Å²) in [6, 6.07) is 19.0. The van der Waals surface area contributed by atoms with Crippen LogP contribution in [0.1, 0.15) is 37.5 Å². The van der Waals surface area contributed by atoms with Gasteiger partial charge in [0.15, 0.2) is 0 Å². The lowest BCUT2D eigenvalue weighted by atomic mass is 10.1. The average Bonchev–Trinajstić information content (AvgIpc) is 3.16. The maximum absolute atomic E-state index is 13.1. The molecule has 0 atom stereocenters. The maximum Gasteiger partial charge on any atom is 0.335 e. The predicted octanol–water partition coefficient (Wildman–Crippen LogP) is 4.76. The first-order chi connectivity index (χ1) is 15.0. The Hall–Kier alpha value is -4.06. The predicted molar refractivity (Wildman–Crippen MR) is 116 cm³/mol. The molecule has 0 bridgehead atoms. The number of hydrogen-bond donors (Lipinski definition) is 1. The van der Waals surface area contributed by atoms with Crippen molar-refractivity contribution in [2.24, 2.45) is 0 Å². The number of aromatic nitrogens is 1. The minimum atomic E-state index is -1.03. The number of fused-ring (bicyclic) bond motifs is 1. The van der Waals surface area contributed by atoms with Gasteiger partial charge in [0.2, 0.25) is 5.78 Å². The Balaban J connectivity index is 1.66. The third kappa shape index (κ3) is 3.88.